The van der Waals surface area contributed by atoms with Gasteiger partial charge in [-0.05, 0) is 81.2 Å². The summed E-state index contributed by atoms with van der Waals surface area (Å²) in [5.41, 5.74) is 3.69. The highest BCUT2D eigenvalue weighted by molar-refractivity contribution is 6.42. The van der Waals surface area contributed by atoms with Crippen molar-refractivity contribution in [2.24, 2.45) is 0 Å². The number of likely N-dealkylation sites (tertiary alicyclic amines) is 1. The van der Waals surface area contributed by atoms with Crippen LogP contribution in [0.15, 0.2) is 48.0 Å². The van der Waals surface area contributed by atoms with E-state index in [0.717, 1.165) is 54.9 Å². The summed E-state index contributed by atoms with van der Waals surface area (Å²) in [5, 5.41) is 1.12. The number of allylic oxidation sites excluding steroid dienone is 1. The van der Waals surface area contributed by atoms with Crippen molar-refractivity contribution in [3.8, 4) is 0 Å². The largest absolute Gasteiger partial charge is 0.308 e. The number of carbonyl (C=O) groups excluding carboxylic acids is 1. The van der Waals surface area contributed by atoms with Gasteiger partial charge in [0.1, 0.15) is 5.82 Å². The highest BCUT2D eigenvalue weighted by Crippen LogP contribution is 2.47. The second-order valence-corrected chi connectivity index (χ2v) is 9.43. The Morgan fingerprint density at radius 3 is 2.50 bits per heavy atom. The minimum absolute atomic E-state index is 0.0297. The summed E-state index contributed by atoms with van der Waals surface area (Å²) in [4.78, 5) is 17.0. The van der Waals surface area contributed by atoms with Crippen molar-refractivity contribution in [1.29, 1.82) is 0 Å². The summed E-state index contributed by atoms with van der Waals surface area (Å²) >= 11 is 12.2. The second-order valence-electron chi connectivity index (χ2n) is 8.61. The fourth-order valence-corrected chi connectivity index (χ4v) is 4.95. The number of halogens is 3. The van der Waals surface area contributed by atoms with Gasteiger partial charge < -0.3 is 4.90 Å². The topological polar surface area (TPSA) is 23.6 Å². The lowest BCUT2D eigenvalue weighted by molar-refractivity contribution is -0.114. The SMILES string of the molecule is CC(C)=CC(=O)N1CC2(CCN(Cc3ccc(Cl)c(Cl)c3)CC2)c2cc(F)ccc21. The molecule has 2 aliphatic heterocycles. The van der Waals surface area contributed by atoms with Gasteiger partial charge >= 0.3 is 0 Å². The molecule has 6 heteroatoms. The minimum atomic E-state index is -0.247. The number of fused-ring (bicyclic) bond motifs is 2. The van der Waals surface area contributed by atoms with Gasteiger partial charge in [-0.2, -0.15) is 0 Å². The first-order valence-electron chi connectivity index (χ1n) is 10.2. The molecule has 2 aromatic rings. The zero-order chi connectivity index (χ0) is 21.5. The molecule has 0 radical (unpaired) electrons. The number of carbonyl (C=O) groups is 1. The molecule has 0 atom stereocenters. The molecule has 2 aliphatic rings. The Morgan fingerprint density at radius 1 is 1.10 bits per heavy atom. The summed E-state index contributed by atoms with van der Waals surface area (Å²) in [5.74, 6) is -0.277. The molecule has 2 aromatic carbocycles. The van der Waals surface area contributed by atoms with Gasteiger partial charge in [0.15, 0.2) is 0 Å². The van der Waals surface area contributed by atoms with E-state index in [-0.39, 0.29) is 17.1 Å². The third kappa shape index (κ3) is 4.14. The summed E-state index contributed by atoms with van der Waals surface area (Å²) in [6.45, 7) is 6.98. The smallest absolute Gasteiger partial charge is 0.250 e. The Kier molecular flexibility index (Phi) is 5.93. The Labute approximate surface area is 187 Å². The van der Waals surface area contributed by atoms with E-state index in [1.54, 1.807) is 18.2 Å². The quantitative estimate of drug-likeness (QED) is 0.541. The molecule has 0 N–H and O–H groups in total. The molecule has 158 valence electrons. The van der Waals surface area contributed by atoms with Gasteiger partial charge in [-0.3, -0.25) is 9.69 Å². The van der Waals surface area contributed by atoms with Crippen LogP contribution in [0.2, 0.25) is 10.0 Å². The Hall–Kier alpha value is -1.88. The van der Waals surface area contributed by atoms with Crippen LogP contribution < -0.4 is 4.90 Å². The first-order chi connectivity index (χ1) is 14.3. The van der Waals surface area contributed by atoms with Crippen LogP contribution in [0.4, 0.5) is 10.1 Å². The standard InChI is InChI=1S/C24H25Cl2FN2O/c1-16(2)11-23(30)29-15-24(19-13-18(27)4-6-22(19)29)7-9-28(10-8-24)14-17-3-5-20(25)21(26)12-17/h3-6,11-13H,7-10,14-15H2,1-2H3. The first kappa shape index (κ1) is 21.4. The Balaban J connectivity index is 1.54. The van der Waals surface area contributed by atoms with E-state index in [2.05, 4.69) is 4.90 Å². The van der Waals surface area contributed by atoms with Crippen molar-refractivity contribution >= 4 is 34.8 Å². The number of nitrogens with zero attached hydrogens (tertiary/aromatic N) is 2. The lowest BCUT2D eigenvalue weighted by Crippen LogP contribution is -2.45. The highest BCUT2D eigenvalue weighted by Gasteiger charge is 2.46. The van der Waals surface area contributed by atoms with Crippen LogP contribution >= 0.6 is 23.2 Å². The first-order valence-corrected chi connectivity index (χ1v) is 11.0. The zero-order valence-electron chi connectivity index (χ0n) is 17.2. The number of piperidine rings is 1. The number of rotatable bonds is 3. The maximum absolute atomic E-state index is 14.1. The van der Waals surface area contributed by atoms with Gasteiger partial charge in [0.25, 0.3) is 5.91 Å². The third-order valence-electron chi connectivity index (χ3n) is 6.16. The van der Waals surface area contributed by atoms with Crippen molar-refractivity contribution in [3.05, 3.63) is 75.0 Å². The summed E-state index contributed by atoms with van der Waals surface area (Å²) < 4.78 is 14.1. The molecule has 0 saturated carbocycles. The van der Waals surface area contributed by atoms with Crippen LogP contribution in [-0.2, 0) is 16.8 Å². The fourth-order valence-electron chi connectivity index (χ4n) is 4.63. The normalized spacial score (nSPS) is 17.8. The number of hydrogen-bond acceptors (Lipinski definition) is 2. The van der Waals surface area contributed by atoms with E-state index in [4.69, 9.17) is 23.2 Å². The molecule has 0 aromatic heterocycles. The lowest BCUT2D eigenvalue weighted by Gasteiger charge is -2.40. The molecule has 0 unspecified atom stereocenters. The third-order valence-corrected chi connectivity index (χ3v) is 6.90. The van der Waals surface area contributed by atoms with Crippen LogP contribution in [0.3, 0.4) is 0 Å². The van der Waals surface area contributed by atoms with Crippen LogP contribution in [0, 0.1) is 5.82 Å². The molecule has 0 aliphatic carbocycles. The molecule has 0 bridgehead atoms. The summed E-state index contributed by atoms with van der Waals surface area (Å²) in [6, 6.07) is 10.6. The number of amides is 1. The monoisotopic (exact) mass is 446 g/mol. The van der Waals surface area contributed by atoms with Gasteiger partial charge in [0, 0.05) is 30.3 Å². The van der Waals surface area contributed by atoms with Crippen molar-refractivity contribution in [2.45, 2.75) is 38.6 Å². The molecular weight excluding hydrogens is 422 g/mol. The molecular formula is C24H25Cl2FN2O. The van der Waals surface area contributed by atoms with E-state index in [9.17, 15) is 9.18 Å². The molecule has 1 spiro atoms. The van der Waals surface area contributed by atoms with Crippen molar-refractivity contribution in [2.75, 3.05) is 24.5 Å². The van der Waals surface area contributed by atoms with E-state index < -0.39 is 0 Å². The van der Waals surface area contributed by atoms with E-state index in [0.29, 0.717) is 16.6 Å². The van der Waals surface area contributed by atoms with Gasteiger partial charge in [0.2, 0.25) is 0 Å². The average molecular weight is 447 g/mol. The fraction of sp³-hybridized carbons (Fsp3) is 0.375. The maximum Gasteiger partial charge on any atom is 0.250 e. The Bertz CT molecular complexity index is 1010. The summed E-state index contributed by atoms with van der Waals surface area (Å²) in [7, 11) is 0. The molecule has 30 heavy (non-hydrogen) atoms. The molecule has 3 nitrogen and oxygen atoms in total. The van der Waals surface area contributed by atoms with Crippen molar-refractivity contribution in [1.82, 2.24) is 4.90 Å². The number of benzene rings is 2. The van der Waals surface area contributed by atoms with Crippen molar-refractivity contribution < 1.29 is 9.18 Å². The van der Waals surface area contributed by atoms with Crippen LogP contribution in [0.25, 0.3) is 0 Å². The van der Waals surface area contributed by atoms with Gasteiger partial charge in [-0.15, -0.1) is 0 Å². The minimum Gasteiger partial charge on any atom is -0.308 e. The second kappa shape index (κ2) is 8.33. The van der Waals surface area contributed by atoms with E-state index in [1.165, 1.54) is 6.07 Å². The number of anilines is 1. The lowest BCUT2D eigenvalue weighted by atomic mass is 9.74. The molecule has 4 rings (SSSR count). The zero-order valence-corrected chi connectivity index (χ0v) is 18.7. The molecule has 2 heterocycles. The van der Waals surface area contributed by atoms with Crippen molar-refractivity contribution in [3.63, 3.8) is 0 Å². The van der Waals surface area contributed by atoms with Gasteiger partial charge in [-0.25, -0.2) is 4.39 Å². The molecule has 1 amide bonds. The number of hydrogen-bond donors (Lipinski definition) is 0. The van der Waals surface area contributed by atoms with Gasteiger partial charge in [-0.1, -0.05) is 34.8 Å². The van der Waals surface area contributed by atoms with Crippen LogP contribution in [0.1, 0.15) is 37.8 Å². The van der Waals surface area contributed by atoms with Crippen LogP contribution in [0.5, 0.6) is 0 Å². The van der Waals surface area contributed by atoms with Gasteiger partial charge in [0.05, 0.1) is 10.0 Å². The molecule has 1 saturated heterocycles. The highest BCUT2D eigenvalue weighted by atomic mass is 35.5. The maximum atomic E-state index is 14.1. The van der Waals surface area contributed by atoms with E-state index in [1.807, 2.05) is 36.9 Å². The predicted octanol–water partition coefficient (Wildman–Crippen LogP) is 5.98. The summed E-state index contributed by atoms with van der Waals surface area (Å²) in [6.07, 6.45) is 3.41. The van der Waals surface area contributed by atoms with E-state index >= 15 is 0 Å². The molecule has 1 fully saturated rings. The average Bonchev–Trinajstić information content (AvgIpc) is 3.00. The Morgan fingerprint density at radius 2 is 1.83 bits per heavy atom. The van der Waals surface area contributed by atoms with Crippen LogP contribution in [-0.4, -0.2) is 30.4 Å². The predicted molar refractivity (Wildman–Crippen MR) is 121 cm³/mol.